The topological polar surface area (TPSA) is 85.9 Å². The maximum Gasteiger partial charge on any atom is 0.421 e. The molecule has 2 atom stereocenters. The maximum atomic E-state index is 13.6. The highest BCUT2D eigenvalue weighted by molar-refractivity contribution is 6.33. The number of amides is 1. The van der Waals surface area contributed by atoms with Crippen molar-refractivity contribution in [3.05, 3.63) is 59.8 Å². The second-order valence-electron chi connectivity index (χ2n) is 9.41. The molecule has 5 rings (SSSR count). The third-order valence-corrected chi connectivity index (χ3v) is 7.21. The fraction of sp³-hybridized carbons (Fsp3) is 0.400. The molecule has 0 saturated carbocycles. The molecule has 38 heavy (non-hydrogen) atoms. The van der Waals surface area contributed by atoms with Gasteiger partial charge in [0.2, 0.25) is 5.95 Å². The number of likely N-dealkylation sites (tertiary alicyclic amines) is 1. The molecule has 1 aromatic heterocycles. The van der Waals surface area contributed by atoms with Gasteiger partial charge in [-0.05, 0) is 38.1 Å². The number of anilines is 4. The predicted octanol–water partition coefficient (Wildman–Crippen LogP) is 4.43. The van der Waals surface area contributed by atoms with Crippen LogP contribution in [0.25, 0.3) is 0 Å². The minimum atomic E-state index is -4.64. The van der Waals surface area contributed by atoms with Gasteiger partial charge in [-0.1, -0.05) is 11.6 Å². The van der Waals surface area contributed by atoms with Crippen LogP contribution in [-0.2, 0) is 15.7 Å². The lowest BCUT2D eigenvalue weighted by molar-refractivity contribution is -0.137. The van der Waals surface area contributed by atoms with E-state index in [1.165, 1.54) is 29.7 Å². The van der Waals surface area contributed by atoms with E-state index in [1.54, 1.807) is 6.07 Å². The minimum absolute atomic E-state index is 0.0232. The number of rotatable bonds is 8. The van der Waals surface area contributed by atoms with Crippen LogP contribution < -0.4 is 15.5 Å². The van der Waals surface area contributed by atoms with Crippen LogP contribution in [-0.4, -0.2) is 71.0 Å². The number of likely N-dealkylation sites (N-methyl/N-ethyl adjacent to an activating group) is 1. The van der Waals surface area contributed by atoms with Crippen molar-refractivity contribution in [2.75, 3.05) is 48.8 Å². The Morgan fingerprint density at radius 1 is 1.21 bits per heavy atom. The quantitative estimate of drug-likeness (QED) is 0.468. The highest BCUT2D eigenvalue weighted by Crippen LogP contribution is 2.38. The van der Waals surface area contributed by atoms with Crippen LogP contribution in [0.5, 0.6) is 0 Å². The van der Waals surface area contributed by atoms with Crippen molar-refractivity contribution in [2.45, 2.75) is 31.1 Å². The van der Waals surface area contributed by atoms with E-state index in [4.69, 9.17) is 16.3 Å². The van der Waals surface area contributed by atoms with Crippen LogP contribution in [0.2, 0.25) is 5.02 Å². The van der Waals surface area contributed by atoms with Gasteiger partial charge in [-0.2, -0.15) is 18.2 Å². The molecule has 13 heteroatoms. The number of carbonyl (C=O) groups excluding carboxylic acids is 1. The number of ether oxygens (including phenoxy) is 1. The van der Waals surface area contributed by atoms with Crippen molar-refractivity contribution in [3.8, 4) is 0 Å². The molecule has 1 amide bonds. The van der Waals surface area contributed by atoms with E-state index in [-0.39, 0.29) is 30.8 Å². The Kier molecular flexibility index (Phi) is 7.35. The first-order valence-corrected chi connectivity index (χ1v) is 12.6. The van der Waals surface area contributed by atoms with E-state index >= 15 is 0 Å². The zero-order valence-electron chi connectivity index (χ0n) is 20.6. The molecule has 3 aliphatic heterocycles. The molecule has 0 radical (unpaired) electrons. The average molecular weight is 550 g/mol. The van der Waals surface area contributed by atoms with Crippen LogP contribution in [0.1, 0.15) is 18.4 Å². The van der Waals surface area contributed by atoms with E-state index in [2.05, 4.69) is 37.4 Å². The number of carbonyl (C=O) groups is 1. The summed E-state index contributed by atoms with van der Waals surface area (Å²) in [7, 11) is 2.14. The number of halogens is 4. The van der Waals surface area contributed by atoms with Gasteiger partial charge in [-0.3, -0.25) is 9.69 Å². The van der Waals surface area contributed by atoms with E-state index in [1.807, 2.05) is 12.1 Å². The summed E-state index contributed by atoms with van der Waals surface area (Å²) in [6, 6.07) is 6.56. The number of hydrogen-bond acceptors (Lipinski definition) is 8. The molecule has 9 nitrogen and oxygen atoms in total. The highest BCUT2D eigenvalue weighted by Gasteiger charge is 2.41. The number of nitrogens with one attached hydrogen (secondary N) is 2. The lowest BCUT2D eigenvalue weighted by Crippen LogP contribution is -2.44. The molecule has 2 saturated heterocycles. The van der Waals surface area contributed by atoms with Gasteiger partial charge in [0, 0.05) is 62.4 Å². The summed E-state index contributed by atoms with van der Waals surface area (Å²) in [6.07, 6.45) is 2.94. The van der Waals surface area contributed by atoms with Crippen LogP contribution in [0.3, 0.4) is 0 Å². The second-order valence-corrected chi connectivity index (χ2v) is 9.82. The van der Waals surface area contributed by atoms with Gasteiger partial charge in [0.1, 0.15) is 17.6 Å². The summed E-state index contributed by atoms with van der Waals surface area (Å²) in [6.45, 7) is 2.37. The van der Waals surface area contributed by atoms with Crippen molar-refractivity contribution in [1.29, 1.82) is 0 Å². The second kappa shape index (κ2) is 10.7. The average Bonchev–Trinajstić information content (AvgIpc) is 3.38. The number of nitrogens with zero attached hydrogens (tertiary/aromatic N) is 5. The summed E-state index contributed by atoms with van der Waals surface area (Å²) < 4.78 is 45.7. The van der Waals surface area contributed by atoms with Crippen LogP contribution in [0, 0.1) is 0 Å². The summed E-state index contributed by atoms with van der Waals surface area (Å²) in [5.74, 6) is -0.665. The van der Waals surface area contributed by atoms with Crippen LogP contribution in [0.15, 0.2) is 49.2 Å². The van der Waals surface area contributed by atoms with E-state index in [0.29, 0.717) is 29.2 Å². The molecule has 2 bridgehead atoms. The van der Waals surface area contributed by atoms with Crippen molar-refractivity contribution < 1.29 is 22.7 Å². The first kappa shape index (κ1) is 26.1. The molecule has 202 valence electrons. The Hall–Kier alpha value is -3.51. The number of benzene rings is 1. The van der Waals surface area contributed by atoms with Crippen molar-refractivity contribution in [2.24, 2.45) is 0 Å². The summed E-state index contributed by atoms with van der Waals surface area (Å²) in [5, 5.41) is 6.08. The molecule has 0 aliphatic carbocycles. The Morgan fingerprint density at radius 2 is 2.05 bits per heavy atom. The summed E-state index contributed by atoms with van der Waals surface area (Å²) in [4.78, 5) is 26.0. The lowest BCUT2D eigenvalue weighted by Gasteiger charge is -2.33. The first-order chi connectivity index (χ1) is 18.2. The van der Waals surface area contributed by atoms with Crippen molar-refractivity contribution in [1.82, 2.24) is 19.8 Å². The van der Waals surface area contributed by atoms with Crippen molar-refractivity contribution in [3.63, 3.8) is 0 Å². The van der Waals surface area contributed by atoms with E-state index < -0.39 is 11.7 Å². The maximum absolute atomic E-state index is 13.6. The number of alkyl halides is 3. The number of aromatic nitrogens is 2. The number of fused-ring (bicyclic) bond motifs is 2. The largest absolute Gasteiger partial charge is 0.471 e. The monoisotopic (exact) mass is 549 g/mol. The molecule has 0 unspecified atom stereocenters. The SMILES string of the molecule is CN1C[C@@H]2C[C@H]1CN2c1ccc(Nc2ncc(C(F)(F)F)c(NCCCN3C=COC=CC3=O)n2)c(Cl)c1. The fourth-order valence-electron chi connectivity index (χ4n) is 4.93. The molecule has 4 heterocycles. The van der Waals surface area contributed by atoms with E-state index in [0.717, 1.165) is 31.4 Å². The Bertz CT molecular complexity index is 1250. The Morgan fingerprint density at radius 3 is 2.76 bits per heavy atom. The first-order valence-electron chi connectivity index (χ1n) is 12.2. The summed E-state index contributed by atoms with van der Waals surface area (Å²) >= 11 is 6.53. The van der Waals surface area contributed by atoms with E-state index in [9.17, 15) is 18.0 Å². The lowest BCUT2D eigenvalue weighted by atomic mass is 10.2. The molecular weight excluding hydrogens is 523 g/mol. The molecule has 2 N–H and O–H groups in total. The molecule has 2 fully saturated rings. The van der Waals surface area contributed by atoms with Gasteiger partial charge in [-0.15, -0.1) is 0 Å². The normalized spacial score (nSPS) is 21.1. The van der Waals surface area contributed by atoms with Gasteiger partial charge >= 0.3 is 6.18 Å². The molecular formula is C25H27ClF3N7O2. The van der Waals surface area contributed by atoms with Gasteiger partial charge in [0.25, 0.3) is 5.91 Å². The molecule has 0 spiro atoms. The third kappa shape index (κ3) is 5.65. The third-order valence-electron chi connectivity index (χ3n) is 6.90. The molecule has 1 aromatic carbocycles. The highest BCUT2D eigenvalue weighted by atomic mass is 35.5. The van der Waals surface area contributed by atoms with Crippen molar-refractivity contribution >= 4 is 40.6 Å². The number of piperazine rings is 1. The zero-order valence-corrected chi connectivity index (χ0v) is 21.3. The smallest absolute Gasteiger partial charge is 0.421 e. The van der Waals surface area contributed by atoms with Crippen LogP contribution >= 0.6 is 11.6 Å². The van der Waals surface area contributed by atoms with Gasteiger partial charge < -0.3 is 25.2 Å². The predicted molar refractivity (Wildman–Crippen MR) is 138 cm³/mol. The summed E-state index contributed by atoms with van der Waals surface area (Å²) in [5.41, 5.74) is 0.515. The molecule has 2 aromatic rings. The van der Waals surface area contributed by atoms with Gasteiger partial charge in [0.15, 0.2) is 0 Å². The fourth-order valence-corrected chi connectivity index (χ4v) is 5.15. The minimum Gasteiger partial charge on any atom is -0.471 e. The van der Waals surface area contributed by atoms with Gasteiger partial charge in [-0.25, -0.2) is 4.98 Å². The van der Waals surface area contributed by atoms with Crippen LogP contribution in [0.4, 0.5) is 36.3 Å². The Balaban J connectivity index is 1.25. The standard InChI is InChI=1S/C25H27ClF3N7O2/c1-34-14-18-11-17(34)15-36(18)16-3-4-21(20(26)12-16)32-24-31-13-19(25(27,28)29)23(33-24)30-6-2-7-35-8-10-38-9-5-22(35)37/h3-5,8-10,12-13,17-18H,2,6-7,11,14-15H2,1H3,(H2,30,31,32,33)/t17-,18-/m0/s1. The Labute approximate surface area is 222 Å². The zero-order chi connectivity index (χ0) is 26.9. The molecule has 3 aliphatic rings. The number of hydrogen-bond donors (Lipinski definition) is 2. The van der Waals surface area contributed by atoms with Gasteiger partial charge in [0.05, 0.1) is 17.0 Å².